The number of nitrogens with zero attached hydrogens (tertiary/aromatic N) is 3. The Balaban J connectivity index is 1.70. The number of carbonyl (C=O) groups excluding carboxylic acids is 1. The van der Waals surface area contributed by atoms with Crippen LogP contribution in [0.4, 0.5) is 5.69 Å². The molecule has 1 aliphatic rings. The van der Waals surface area contributed by atoms with Crippen molar-refractivity contribution in [1.29, 1.82) is 0 Å². The topological polar surface area (TPSA) is 55.3 Å². The number of carbonyl (C=O) groups is 1. The SMILES string of the molecule is COC(=O)c1cccc2c1CCCN2Cc1nc(C)c2ccccc2n1. The molecule has 0 saturated carbocycles. The molecule has 0 spiro atoms. The highest BCUT2D eigenvalue weighted by atomic mass is 16.5. The van der Waals surface area contributed by atoms with E-state index in [1.165, 1.54) is 7.11 Å². The van der Waals surface area contributed by atoms with Crippen LogP contribution in [0.25, 0.3) is 10.9 Å². The van der Waals surface area contributed by atoms with Crippen molar-refractivity contribution in [3.8, 4) is 0 Å². The smallest absolute Gasteiger partial charge is 0.338 e. The summed E-state index contributed by atoms with van der Waals surface area (Å²) in [5.74, 6) is 0.527. The lowest BCUT2D eigenvalue weighted by atomic mass is 9.96. The Hall–Kier alpha value is -2.95. The maximum absolute atomic E-state index is 12.1. The second-order valence-corrected chi connectivity index (χ2v) is 6.56. The van der Waals surface area contributed by atoms with Crippen LogP contribution in [0.2, 0.25) is 0 Å². The van der Waals surface area contributed by atoms with Crippen molar-refractivity contribution in [2.24, 2.45) is 0 Å². The van der Waals surface area contributed by atoms with Crippen LogP contribution in [0.3, 0.4) is 0 Å². The number of para-hydroxylation sites is 1. The summed E-state index contributed by atoms with van der Waals surface area (Å²) in [6, 6.07) is 13.9. The van der Waals surface area contributed by atoms with Gasteiger partial charge in [0.25, 0.3) is 0 Å². The molecule has 0 N–H and O–H groups in total. The number of rotatable bonds is 3. The quantitative estimate of drug-likeness (QED) is 0.677. The molecule has 5 heteroatoms. The Morgan fingerprint density at radius 1 is 1.15 bits per heavy atom. The minimum Gasteiger partial charge on any atom is -0.465 e. The summed E-state index contributed by atoms with van der Waals surface area (Å²) >= 11 is 0. The van der Waals surface area contributed by atoms with Gasteiger partial charge in [-0.15, -0.1) is 0 Å². The lowest BCUT2D eigenvalue weighted by molar-refractivity contribution is 0.0599. The van der Waals surface area contributed by atoms with E-state index in [9.17, 15) is 4.79 Å². The number of aryl methyl sites for hydroxylation is 1. The van der Waals surface area contributed by atoms with Gasteiger partial charge in [-0.05, 0) is 43.5 Å². The summed E-state index contributed by atoms with van der Waals surface area (Å²) in [7, 11) is 1.42. The van der Waals surface area contributed by atoms with Crippen molar-refractivity contribution in [3.05, 3.63) is 65.1 Å². The first-order valence-electron chi connectivity index (χ1n) is 8.85. The van der Waals surface area contributed by atoms with E-state index in [2.05, 4.69) is 11.0 Å². The fourth-order valence-corrected chi connectivity index (χ4v) is 3.70. The fraction of sp³-hybridized carbons (Fsp3) is 0.286. The number of hydrogen-bond acceptors (Lipinski definition) is 5. The molecule has 0 fully saturated rings. The molecular weight excluding hydrogens is 326 g/mol. The number of ether oxygens (including phenoxy) is 1. The zero-order valence-corrected chi connectivity index (χ0v) is 15.0. The minimum atomic E-state index is -0.276. The molecule has 0 aliphatic carbocycles. The highest BCUT2D eigenvalue weighted by Gasteiger charge is 2.23. The standard InChI is InChI=1S/C21H21N3O2/c1-14-15-7-3-4-10-18(15)23-20(22-14)13-24-12-6-9-16-17(21(25)26-2)8-5-11-19(16)24/h3-5,7-8,10-11H,6,9,12-13H2,1-2H3. The van der Waals surface area contributed by atoms with E-state index in [1.807, 2.05) is 43.3 Å². The van der Waals surface area contributed by atoms with Gasteiger partial charge in [-0.1, -0.05) is 24.3 Å². The Labute approximate surface area is 152 Å². The zero-order valence-electron chi connectivity index (χ0n) is 15.0. The van der Waals surface area contributed by atoms with Crippen molar-refractivity contribution in [2.45, 2.75) is 26.3 Å². The summed E-state index contributed by atoms with van der Waals surface area (Å²) in [5, 5.41) is 1.09. The first-order valence-corrected chi connectivity index (χ1v) is 8.85. The molecule has 26 heavy (non-hydrogen) atoms. The molecule has 4 rings (SSSR count). The summed E-state index contributed by atoms with van der Waals surface area (Å²) in [6.45, 7) is 3.57. The molecule has 3 aromatic rings. The Kier molecular flexibility index (Phi) is 4.29. The number of anilines is 1. The van der Waals surface area contributed by atoms with Crippen LogP contribution in [0.15, 0.2) is 42.5 Å². The monoisotopic (exact) mass is 347 g/mol. The van der Waals surface area contributed by atoms with Crippen LogP contribution < -0.4 is 4.90 Å². The second-order valence-electron chi connectivity index (χ2n) is 6.56. The van der Waals surface area contributed by atoms with Gasteiger partial charge >= 0.3 is 5.97 Å². The van der Waals surface area contributed by atoms with Gasteiger partial charge in [0.1, 0.15) is 5.82 Å². The third-order valence-corrected chi connectivity index (χ3v) is 4.92. The maximum Gasteiger partial charge on any atom is 0.338 e. The normalized spacial score (nSPS) is 13.5. The molecule has 1 aromatic heterocycles. The molecule has 0 atom stereocenters. The second kappa shape index (κ2) is 6.75. The summed E-state index contributed by atoms with van der Waals surface area (Å²) in [5.41, 5.74) is 4.75. The summed E-state index contributed by atoms with van der Waals surface area (Å²) in [4.78, 5) is 23.8. The van der Waals surface area contributed by atoms with Crippen molar-refractivity contribution < 1.29 is 9.53 Å². The van der Waals surface area contributed by atoms with E-state index < -0.39 is 0 Å². The molecule has 1 aliphatic heterocycles. The number of aromatic nitrogens is 2. The van der Waals surface area contributed by atoms with Crippen molar-refractivity contribution in [1.82, 2.24) is 9.97 Å². The zero-order chi connectivity index (χ0) is 18.1. The molecule has 0 amide bonds. The third kappa shape index (κ3) is 2.90. The number of hydrogen-bond donors (Lipinski definition) is 0. The van der Waals surface area contributed by atoms with Gasteiger partial charge < -0.3 is 9.64 Å². The van der Waals surface area contributed by atoms with Crippen LogP contribution in [-0.4, -0.2) is 29.6 Å². The van der Waals surface area contributed by atoms with Gasteiger partial charge in [-0.2, -0.15) is 0 Å². The molecule has 132 valence electrons. The van der Waals surface area contributed by atoms with Crippen LogP contribution in [-0.2, 0) is 17.7 Å². The van der Waals surface area contributed by atoms with E-state index in [0.717, 1.165) is 53.1 Å². The van der Waals surface area contributed by atoms with E-state index in [4.69, 9.17) is 14.7 Å². The van der Waals surface area contributed by atoms with Crippen LogP contribution in [0.5, 0.6) is 0 Å². The molecular formula is C21H21N3O2. The van der Waals surface area contributed by atoms with Gasteiger partial charge in [0, 0.05) is 23.3 Å². The van der Waals surface area contributed by atoms with Gasteiger partial charge in [-0.3, -0.25) is 0 Å². The minimum absolute atomic E-state index is 0.276. The predicted octanol–water partition coefficient (Wildman–Crippen LogP) is 3.68. The van der Waals surface area contributed by atoms with Crippen LogP contribution in [0.1, 0.15) is 33.9 Å². The van der Waals surface area contributed by atoms with E-state index >= 15 is 0 Å². The average molecular weight is 347 g/mol. The lowest BCUT2D eigenvalue weighted by Gasteiger charge is -2.31. The first kappa shape index (κ1) is 16.5. The van der Waals surface area contributed by atoms with Gasteiger partial charge in [0.05, 0.1) is 24.7 Å². The Morgan fingerprint density at radius 2 is 2.00 bits per heavy atom. The number of esters is 1. The van der Waals surface area contributed by atoms with Gasteiger partial charge in [-0.25, -0.2) is 14.8 Å². The van der Waals surface area contributed by atoms with Crippen LogP contribution in [0, 0.1) is 6.92 Å². The summed E-state index contributed by atoms with van der Waals surface area (Å²) in [6.07, 6.45) is 1.88. The predicted molar refractivity (Wildman–Crippen MR) is 101 cm³/mol. The molecule has 2 heterocycles. The van der Waals surface area contributed by atoms with Crippen molar-refractivity contribution in [3.63, 3.8) is 0 Å². The number of benzene rings is 2. The lowest BCUT2D eigenvalue weighted by Crippen LogP contribution is -2.30. The van der Waals surface area contributed by atoms with Gasteiger partial charge in [0.15, 0.2) is 0 Å². The van der Waals surface area contributed by atoms with Gasteiger partial charge in [0.2, 0.25) is 0 Å². The van der Waals surface area contributed by atoms with Crippen molar-refractivity contribution in [2.75, 3.05) is 18.6 Å². The fourth-order valence-electron chi connectivity index (χ4n) is 3.70. The molecule has 2 aromatic carbocycles. The van der Waals surface area contributed by atoms with E-state index in [1.54, 1.807) is 0 Å². The highest BCUT2D eigenvalue weighted by Crippen LogP contribution is 2.31. The molecule has 5 nitrogen and oxygen atoms in total. The maximum atomic E-state index is 12.1. The van der Waals surface area contributed by atoms with E-state index in [-0.39, 0.29) is 5.97 Å². The number of methoxy groups -OCH3 is 1. The molecule has 0 unspecified atom stereocenters. The molecule has 0 bridgehead atoms. The largest absolute Gasteiger partial charge is 0.465 e. The Morgan fingerprint density at radius 3 is 2.85 bits per heavy atom. The van der Waals surface area contributed by atoms with Crippen molar-refractivity contribution >= 4 is 22.6 Å². The molecule has 0 saturated heterocycles. The van der Waals surface area contributed by atoms with E-state index in [0.29, 0.717) is 12.1 Å². The average Bonchev–Trinajstić information content (AvgIpc) is 2.67. The van der Waals surface area contributed by atoms with Crippen LogP contribution >= 0.6 is 0 Å². The highest BCUT2D eigenvalue weighted by molar-refractivity contribution is 5.93. The summed E-state index contributed by atoms with van der Waals surface area (Å²) < 4.78 is 4.94. The first-order chi connectivity index (χ1) is 12.7. The molecule has 0 radical (unpaired) electrons. The number of fused-ring (bicyclic) bond motifs is 2. The Bertz CT molecular complexity index is 984. The third-order valence-electron chi connectivity index (χ3n) is 4.92.